The minimum atomic E-state index is -4.63. The van der Waals surface area contributed by atoms with E-state index in [9.17, 15) is 26.4 Å². The quantitative estimate of drug-likeness (QED) is 0.485. The molecule has 0 bridgehead atoms. The van der Waals surface area contributed by atoms with Gasteiger partial charge in [0.15, 0.2) is 6.61 Å². The van der Waals surface area contributed by atoms with Crippen molar-refractivity contribution in [1.82, 2.24) is 4.31 Å². The molecule has 1 aliphatic rings. The number of amides is 1. The number of carbonyl (C=O) groups excluding carboxylic acids is 1. The van der Waals surface area contributed by atoms with Gasteiger partial charge in [0.1, 0.15) is 5.75 Å². The second kappa shape index (κ2) is 9.88. The van der Waals surface area contributed by atoms with Gasteiger partial charge < -0.3 is 10.1 Å². The molecule has 1 aliphatic heterocycles. The van der Waals surface area contributed by atoms with Crippen molar-refractivity contribution in [3.05, 3.63) is 88.4 Å². The van der Waals surface area contributed by atoms with E-state index >= 15 is 0 Å². The van der Waals surface area contributed by atoms with Crippen LogP contribution in [0.25, 0.3) is 0 Å². The third-order valence-electron chi connectivity index (χ3n) is 5.50. The third kappa shape index (κ3) is 5.61. The number of alkyl halides is 3. The second-order valence-electron chi connectivity index (χ2n) is 7.83. The van der Waals surface area contributed by atoms with Crippen molar-refractivity contribution < 1.29 is 31.1 Å². The zero-order valence-electron chi connectivity index (χ0n) is 18.2. The molecule has 1 amide bonds. The lowest BCUT2D eigenvalue weighted by Crippen LogP contribution is -2.35. The number of sulfonamides is 1. The van der Waals surface area contributed by atoms with Crippen LogP contribution in [-0.2, 0) is 34.0 Å². The van der Waals surface area contributed by atoms with Crippen LogP contribution in [-0.4, -0.2) is 31.8 Å². The highest BCUT2D eigenvalue weighted by molar-refractivity contribution is 7.89. The van der Waals surface area contributed by atoms with Crippen LogP contribution in [0.5, 0.6) is 5.75 Å². The van der Waals surface area contributed by atoms with Gasteiger partial charge in [-0.25, -0.2) is 8.42 Å². The smallest absolute Gasteiger partial charge is 0.418 e. The van der Waals surface area contributed by atoms with Crippen molar-refractivity contribution in [3.63, 3.8) is 0 Å². The molecular formula is C24H20ClF3N2O4S. The largest absolute Gasteiger partial charge is 0.482 e. The Morgan fingerprint density at radius 1 is 1.03 bits per heavy atom. The van der Waals surface area contributed by atoms with Gasteiger partial charge in [0.05, 0.1) is 21.2 Å². The number of hydrogen-bond donors (Lipinski definition) is 1. The Bertz CT molecular complexity index is 1360. The topological polar surface area (TPSA) is 75.7 Å². The number of fused-ring (bicyclic) bond motifs is 1. The van der Waals surface area contributed by atoms with E-state index in [0.717, 1.165) is 23.3 Å². The van der Waals surface area contributed by atoms with Crippen LogP contribution < -0.4 is 10.1 Å². The number of rotatable bonds is 6. The second-order valence-corrected chi connectivity index (χ2v) is 10.2. The molecule has 0 aromatic heterocycles. The summed E-state index contributed by atoms with van der Waals surface area (Å²) in [4.78, 5) is 12.1. The Morgan fingerprint density at radius 2 is 1.71 bits per heavy atom. The fourth-order valence-electron chi connectivity index (χ4n) is 3.75. The van der Waals surface area contributed by atoms with E-state index in [1.54, 1.807) is 0 Å². The molecule has 1 N–H and O–H groups in total. The van der Waals surface area contributed by atoms with E-state index in [2.05, 4.69) is 5.32 Å². The SMILES string of the molecule is O=C(COc1ccc(S(=O)(=O)N2CCc3ccccc3C2)cc1Cl)Nc1ccccc1C(F)(F)F. The monoisotopic (exact) mass is 524 g/mol. The summed E-state index contributed by atoms with van der Waals surface area (Å²) in [6, 6.07) is 16.0. The normalized spacial score (nSPS) is 14.3. The van der Waals surface area contributed by atoms with Crippen LogP contribution in [0.2, 0.25) is 5.02 Å². The summed E-state index contributed by atoms with van der Waals surface area (Å²) in [5.41, 5.74) is 0.661. The first-order valence-corrected chi connectivity index (χ1v) is 12.3. The van der Waals surface area contributed by atoms with E-state index in [1.165, 1.54) is 34.6 Å². The Balaban J connectivity index is 1.42. The van der Waals surface area contributed by atoms with Crippen LogP contribution in [0.3, 0.4) is 0 Å². The molecule has 0 saturated carbocycles. The molecule has 0 atom stereocenters. The highest BCUT2D eigenvalue weighted by Crippen LogP contribution is 2.35. The van der Waals surface area contributed by atoms with Crippen molar-refractivity contribution in [2.45, 2.75) is 24.0 Å². The Labute approximate surface area is 205 Å². The molecule has 0 saturated heterocycles. The number of hydrogen-bond acceptors (Lipinski definition) is 4. The first-order chi connectivity index (χ1) is 16.6. The fraction of sp³-hybridized carbons (Fsp3) is 0.208. The van der Waals surface area contributed by atoms with Crippen molar-refractivity contribution in [3.8, 4) is 5.75 Å². The number of benzene rings is 3. The van der Waals surface area contributed by atoms with Gasteiger partial charge in [0.25, 0.3) is 5.91 Å². The van der Waals surface area contributed by atoms with Crippen LogP contribution in [0.15, 0.2) is 71.6 Å². The molecule has 3 aromatic rings. The van der Waals surface area contributed by atoms with E-state index in [1.807, 2.05) is 24.3 Å². The van der Waals surface area contributed by atoms with E-state index in [-0.39, 0.29) is 22.2 Å². The lowest BCUT2D eigenvalue weighted by Gasteiger charge is -2.28. The van der Waals surface area contributed by atoms with Gasteiger partial charge in [-0.3, -0.25) is 4.79 Å². The average Bonchev–Trinajstić information content (AvgIpc) is 2.82. The number of halogens is 4. The number of nitrogens with one attached hydrogen (secondary N) is 1. The fourth-order valence-corrected chi connectivity index (χ4v) is 5.50. The standard InChI is InChI=1S/C24H20ClF3N2O4S/c25-20-13-18(35(32,33)30-12-11-16-5-1-2-6-17(16)14-30)9-10-22(20)34-15-23(31)29-21-8-4-3-7-19(21)24(26,27)28/h1-10,13H,11-12,14-15H2,(H,29,31). The summed E-state index contributed by atoms with van der Waals surface area (Å²) < 4.78 is 72.2. The molecular weight excluding hydrogens is 505 g/mol. The molecule has 1 heterocycles. The summed E-state index contributed by atoms with van der Waals surface area (Å²) in [5, 5.41) is 2.11. The van der Waals surface area contributed by atoms with Crippen LogP contribution in [0, 0.1) is 0 Å². The molecule has 6 nitrogen and oxygen atoms in total. The molecule has 35 heavy (non-hydrogen) atoms. The van der Waals surface area contributed by atoms with E-state index < -0.39 is 40.0 Å². The van der Waals surface area contributed by atoms with Crippen LogP contribution >= 0.6 is 11.6 Å². The molecule has 184 valence electrons. The van der Waals surface area contributed by atoms with Crippen molar-refractivity contribution in [2.75, 3.05) is 18.5 Å². The van der Waals surface area contributed by atoms with Gasteiger partial charge in [-0.05, 0) is 47.9 Å². The minimum Gasteiger partial charge on any atom is -0.482 e. The van der Waals surface area contributed by atoms with Crippen molar-refractivity contribution >= 4 is 33.2 Å². The summed E-state index contributed by atoms with van der Waals surface area (Å²) in [5.74, 6) is -0.810. The molecule has 11 heteroatoms. The third-order valence-corrected chi connectivity index (χ3v) is 7.64. The molecule has 0 spiro atoms. The van der Waals surface area contributed by atoms with E-state index in [4.69, 9.17) is 16.3 Å². The predicted molar refractivity (Wildman–Crippen MR) is 125 cm³/mol. The van der Waals surface area contributed by atoms with Gasteiger partial charge in [0.2, 0.25) is 10.0 Å². The molecule has 0 unspecified atom stereocenters. The zero-order valence-corrected chi connectivity index (χ0v) is 19.8. The maximum atomic E-state index is 13.1. The molecule has 4 rings (SSSR count). The summed E-state index contributed by atoms with van der Waals surface area (Å²) in [7, 11) is -3.83. The number of ether oxygens (including phenoxy) is 1. The molecule has 3 aromatic carbocycles. The maximum absolute atomic E-state index is 13.1. The first kappa shape index (κ1) is 25.0. The maximum Gasteiger partial charge on any atom is 0.418 e. The zero-order chi connectivity index (χ0) is 25.2. The van der Waals surface area contributed by atoms with Gasteiger partial charge in [-0.1, -0.05) is 48.0 Å². The summed E-state index contributed by atoms with van der Waals surface area (Å²) >= 11 is 6.20. The first-order valence-electron chi connectivity index (χ1n) is 10.5. The number of para-hydroxylation sites is 1. The van der Waals surface area contributed by atoms with Gasteiger partial charge in [-0.2, -0.15) is 17.5 Å². The predicted octanol–water partition coefficient (Wildman–Crippen LogP) is 5.12. The summed E-state index contributed by atoms with van der Waals surface area (Å²) in [6.07, 6.45) is -4.04. The lowest BCUT2D eigenvalue weighted by molar-refractivity contribution is -0.137. The van der Waals surface area contributed by atoms with Crippen molar-refractivity contribution in [1.29, 1.82) is 0 Å². The van der Waals surface area contributed by atoms with Crippen LogP contribution in [0.1, 0.15) is 16.7 Å². The highest BCUT2D eigenvalue weighted by Gasteiger charge is 2.33. The Hall–Kier alpha value is -3.08. The van der Waals surface area contributed by atoms with Gasteiger partial charge in [0, 0.05) is 13.1 Å². The lowest BCUT2D eigenvalue weighted by atomic mass is 10.0. The van der Waals surface area contributed by atoms with Gasteiger partial charge >= 0.3 is 6.18 Å². The Morgan fingerprint density at radius 3 is 2.43 bits per heavy atom. The minimum absolute atomic E-state index is 0.0221. The molecule has 0 radical (unpaired) electrons. The average molecular weight is 525 g/mol. The Kier molecular flexibility index (Phi) is 7.07. The molecule has 0 fully saturated rings. The van der Waals surface area contributed by atoms with Crippen molar-refractivity contribution in [2.24, 2.45) is 0 Å². The number of anilines is 1. The molecule has 0 aliphatic carbocycles. The number of carbonyl (C=O) groups is 1. The summed E-state index contributed by atoms with van der Waals surface area (Å²) in [6.45, 7) is -0.0519. The number of nitrogens with zero attached hydrogens (tertiary/aromatic N) is 1. The van der Waals surface area contributed by atoms with Crippen LogP contribution in [0.4, 0.5) is 18.9 Å². The van der Waals surface area contributed by atoms with E-state index in [0.29, 0.717) is 13.0 Å². The highest BCUT2D eigenvalue weighted by atomic mass is 35.5. The van der Waals surface area contributed by atoms with Gasteiger partial charge in [-0.15, -0.1) is 0 Å².